The number of hydrogen-bond acceptors (Lipinski definition) is 2. The zero-order valence-corrected chi connectivity index (χ0v) is 12.7. The Hall–Kier alpha value is -1.56. The summed E-state index contributed by atoms with van der Waals surface area (Å²) >= 11 is 2.93. The molecule has 0 aliphatic rings. The molecule has 1 aromatic carbocycles. The Morgan fingerprint density at radius 1 is 1.40 bits per heavy atom. The van der Waals surface area contributed by atoms with Crippen LogP contribution in [0.2, 0.25) is 0 Å². The molecule has 3 nitrogen and oxygen atoms in total. The van der Waals surface area contributed by atoms with E-state index in [0.29, 0.717) is 6.54 Å². The molecule has 1 heterocycles. The van der Waals surface area contributed by atoms with Gasteiger partial charge in [0.15, 0.2) is 17.4 Å². The number of aromatic nitrogens is 2. The smallest absolute Gasteiger partial charge is 0.173 e. The molecular formula is C14H13BrF2N2O. The van der Waals surface area contributed by atoms with Gasteiger partial charge in [-0.2, -0.15) is 5.10 Å². The number of ketones is 1. The average molecular weight is 343 g/mol. The third-order valence-corrected chi connectivity index (χ3v) is 3.74. The predicted octanol–water partition coefficient (Wildman–Crippen LogP) is 3.68. The highest BCUT2D eigenvalue weighted by Crippen LogP contribution is 2.24. The first-order chi connectivity index (χ1) is 9.43. The van der Waals surface area contributed by atoms with Crippen LogP contribution in [-0.2, 0) is 13.0 Å². The Bertz CT molecular complexity index is 667. The van der Waals surface area contributed by atoms with E-state index in [1.54, 1.807) is 4.68 Å². The summed E-state index contributed by atoms with van der Waals surface area (Å²) in [6.45, 7) is 4.41. The van der Waals surface area contributed by atoms with E-state index in [2.05, 4.69) is 21.0 Å². The second-order valence-corrected chi connectivity index (χ2v) is 5.21. The van der Waals surface area contributed by atoms with Crippen molar-refractivity contribution >= 4 is 21.7 Å². The number of carbonyl (C=O) groups excluding carboxylic acids is 1. The van der Waals surface area contributed by atoms with Crippen molar-refractivity contribution in [3.8, 4) is 0 Å². The quantitative estimate of drug-likeness (QED) is 0.627. The number of benzene rings is 1. The highest BCUT2D eigenvalue weighted by molar-refractivity contribution is 9.10. The molecule has 0 bridgehead atoms. The van der Waals surface area contributed by atoms with E-state index in [9.17, 15) is 13.6 Å². The van der Waals surface area contributed by atoms with Crippen LogP contribution in [0.1, 0.15) is 28.7 Å². The fourth-order valence-corrected chi connectivity index (χ4v) is 2.56. The summed E-state index contributed by atoms with van der Waals surface area (Å²) in [5.74, 6) is -2.32. The SMILES string of the molecule is CCn1nc(C)cc1CC(=O)c1ccc(F)c(F)c1Br. The molecule has 0 aliphatic carbocycles. The standard InChI is InChI=1S/C14H13BrF2N2O/c1-3-19-9(6-8(2)18-19)7-12(20)10-4-5-11(16)14(17)13(10)15/h4-6H,3,7H2,1-2H3. The summed E-state index contributed by atoms with van der Waals surface area (Å²) < 4.78 is 28.1. The van der Waals surface area contributed by atoms with E-state index >= 15 is 0 Å². The summed E-state index contributed by atoms with van der Waals surface area (Å²) in [6.07, 6.45) is 0.0956. The highest BCUT2D eigenvalue weighted by Gasteiger charge is 2.18. The van der Waals surface area contributed by atoms with Gasteiger partial charge in [0.25, 0.3) is 0 Å². The number of rotatable bonds is 4. The molecular weight excluding hydrogens is 330 g/mol. The number of carbonyl (C=O) groups is 1. The van der Waals surface area contributed by atoms with Crippen LogP contribution in [0.5, 0.6) is 0 Å². The van der Waals surface area contributed by atoms with E-state index < -0.39 is 11.6 Å². The largest absolute Gasteiger partial charge is 0.294 e. The molecule has 0 spiro atoms. The fraction of sp³-hybridized carbons (Fsp3) is 0.286. The van der Waals surface area contributed by atoms with Crippen molar-refractivity contribution in [3.63, 3.8) is 0 Å². The lowest BCUT2D eigenvalue weighted by molar-refractivity contribution is 0.0989. The van der Waals surface area contributed by atoms with Crippen LogP contribution in [0.4, 0.5) is 8.78 Å². The number of hydrogen-bond donors (Lipinski definition) is 0. The molecule has 2 rings (SSSR count). The molecule has 1 aromatic heterocycles. The number of halogens is 3. The van der Waals surface area contributed by atoms with Crippen LogP contribution in [0, 0.1) is 18.6 Å². The average Bonchev–Trinajstić information content (AvgIpc) is 2.76. The molecule has 0 N–H and O–H groups in total. The van der Waals surface area contributed by atoms with Crippen LogP contribution in [0.25, 0.3) is 0 Å². The maximum atomic E-state index is 13.4. The van der Waals surface area contributed by atoms with Crippen molar-refractivity contribution in [2.75, 3.05) is 0 Å². The van der Waals surface area contributed by atoms with Crippen LogP contribution in [0.3, 0.4) is 0 Å². The fourth-order valence-electron chi connectivity index (χ4n) is 2.02. The molecule has 0 aliphatic heterocycles. The maximum Gasteiger partial charge on any atom is 0.173 e. The van der Waals surface area contributed by atoms with Gasteiger partial charge in [-0.1, -0.05) is 0 Å². The lowest BCUT2D eigenvalue weighted by atomic mass is 10.1. The molecule has 6 heteroatoms. The zero-order valence-electron chi connectivity index (χ0n) is 11.1. The zero-order chi connectivity index (χ0) is 14.9. The molecule has 0 unspecified atom stereocenters. The van der Waals surface area contributed by atoms with Gasteiger partial charge < -0.3 is 0 Å². The summed E-state index contributed by atoms with van der Waals surface area (Å²) in [5, 5.41) is 4.25. The maximum absolute atomic E-state index is 13.4. The first-order valence-electron chi connectivity index (χ1n) is 6.14. The minimum absolute atomic E-state index is 0.0956. The van der Waals surface area contributed by atoms with E-state index in [-0.39, 0.29) is 22.2 Å². The van der Waals surface area contributed by atoms with Gasteiger partial charge in [-0.15, -0.1) is 0 Å². The predicted molar refractivity (Wildman–Crippen MR) is 74.7 cm³/mol. The highest BCUT2D eigenvalue weighted by atomic mass is 79.9. The van der Waals surface area contributed by atoms with Crippen LogP contribution < -0.4 is 0 Å². The second kappa shape index (κ2) is 5.83. The molecule has 0 amide bonds. The van der Waals surface area contributed by atoms with Gasteiger partial charge in [0, 0.05) is 17.8 Å². The molecule has 0 fully saturated rings. The normalized spacial score (nSPS) is 10.8. The molecule has 106 valence electrons. The lowest BCUT2D eigenvalue weighted by Crippen LogP contribution is -2.11. The number of Topliss-reactive ketones (excluding diaryl/α,β-unsaturated/α-hetero) is 1. The molecule has 2 aromatic rings. The van der Waals surface area contributed by atoms with Gasteiger partial charge in [0.1, 0.15) is 0 Å². The Labute approximate surface area is 123 Å². The minimum Gasteiger partial charge on any atom is -0.294 e. The van der Waals surface area contributed by atoms with Crippen molar-refractivity contribution in [2.45, 2.75) is 26.8 Å². The van der Waals surface area contributed by atoms with E-state index in [4.69, 9.17) is 0 Å². The van der Waals surface area contributed by atoms with Gasteiger partial charge >= 0.3 is 0 Å². The van der Waals surface area contributed by atoms with Gasteiger partial charge in [0.2, 0.25) is 0 Å². The molecule has 0 saturated carbocycles. The van der Waals surface area contributed by atoms with Crippen molar-refractivity contribution in [1.29, 1.82) is 0 Å². The van der Waals surface area contributed by atoms with Crippen LogP contribution in [-0.4, -0.2) is 15.6 Å². The first kappa shape index (κ1) is 14.8. The Balaban J connectivity index is 2.31. The Kier molecular flexibility index (Phi) is 4.32. The monoisotopic (exact) mass is 342 g/mol. The summed E-state index contributed by atoms with van der Waals surface area (Å²) in [6, 6.07) is 4.05. The Morgan fingerprint density at radius 3 is 2.75 bits per heavy atom. The van der Waals surface area contributed by atoms with Crippen molar-refractivity contribution < 1.29 is 13.6 Å². The summed E-state index contributed by atoms with van der Waals surface area (Å²) in [4.78, 5) is 12.2. The molecule has 0 saturated heterocycles. The van der Waals surface area contributed by atoms with Crippen LogP contribution >= 0.6 is 15.9 Å². The van der Waals surface area contributed by atoms with Crippen LogP contribution in [0.15, 0.2) is 22.7 Å². The van der Waals surface area contributed by atoms with E-state index in [1.807, 2.05) is 19.9 Å². The third kappa shape index (κ3) is 2.80. The van der Waals surface area contributed by atoms with E-state index in [0.717, 1.165) is 17.5 Å². The van der Waals surface area contributed by atoms with Gasteiger partial charge in [0.05, 0.1) is 16.6 Å². The van der Waals surface area contributed by atoms with Gasteiger partial charge in [-0.25, -0.2) is 8.78 Å². The van der Waals surface area contributed by atoms with Crippen molar-refractivity contribution in [3.05, 3.63) is 51.3 Å². The molecule has 0 radical (unpaired) electrons. The first-order valence-corrected chi connectivity index (χ1v) is 6.93. The summed E-state index contributed by atoms with van der Waals surface area (Å²) in [7, 11) is 0. The summed E-state index contributed by atoms with van der Waals surface area (Å²) in [5.41, 5.74) is 1.70. The topological polar surface area (TPSA) is 34.9 Å². The third-order valence-electron chi connectivity index (χ3n) is 2.96. The van der Waals surface area contributed by atoms with Gasteiger partial charge in [-0.3, -0.25) is 9.48 Å². The van der Waals surface area contributed by atoms with E-state index in [1.165, 1.54) is 6.07 Å². The Morgan fingerprint density at radius 2 is 2.10 bits per heavy atom. The number of nitrogens with zero attached hydrogens (tertiary/aromatic N) is 2. The van der Waals surface area contributed by atoms with Crippen molar-refractivity contribution in [2.24, 2.45) is 0 Å². The van der Waals surface area contributed by atoms with Crippen molar-refractivity contribution in [1.82, 2.24) is 9.78 Å². The molecule has 0 atom stereocenters. The van der Waals surface area contributed by atoms with Gasteiger partial charge in [-0.05, 0) is 48.0 Å². The minimum atomic E-state index is -1.05. The number of aryl methyl sites for hydroxylation is 2. The lowest BCUT2D eigenvalue weighted by Gasteiger charge is -2.07. The second-order valence-electron chi connectivity index (χ2n) is 4.42. The molecule has 20 heavy (non-hydrogen) atoms.